The molecule has 0 amide bonds. The molecular weight excluding hydrogens is 262 g/mol. The molecular formula is C17H29N3O. The normalized spacial score (nSPS) is 18.6. The summed E-state index contributed by atoms with van der Waals surface area (Å²) >= 11 is 0. The molecule has 21 heavy (non-hydrogen) atoms. The maximum atomic E-state index is 5.91. The van der Waals surface area contributed by atoms with Crippen LogP contribution in [0, 0.1) is 0 Å². The van der Waals surface area contributed by atoms with Crippen molar-refractivity contribution in [3.63, 3.8) is 0 Å². The molecule has 4 nitrogen and oxygen atoms in total. The summed E-state index contributed by atoms with van der Waals surface area (Å²) in [5, 5.41) is 0. The summed E-state index contributed by atoms with van der Waals surface area (Å²) in [5.74, 6) is 0.942. The van der Waals surface area contributed by atoms with Crippen LogP contribution >= 0.6 is 0 Å². The van der Waals surface area contributed by atoms with E-state index in [1.165, 1.54) is 18.4 Å². The van der Waals surface area contributed by atoms with E-state index in [0.29, 0.717) is 6.04 Å². The van der Waals surface area contributed by atoms with Crippen LogP contribution in [0.4, 0.5) is 0 Å². The van der Waals surface area contributed by atoms with Gasteiger partial charge < -0.3 is 10.5 Å². The first-order valence-electron chi connectivity index (χ1n) is 8.06. The van der Waals surface area contributed by atoms with Crippen LogP contribution in [-0.2, 0) is 6.54 Å². The molecule has 1 unspecified atom stereocenters. The predicted octanol–water partition coefficient (Wildman–Crippen LogP) is 1.94. The van der Waals surface area contributed by atoms with Gasteiger partial charge in [-0.1, -0.05) is 25.5 Å². The van der Waals surface area contributed by atoms with Gasteiger partial charge in [-0.15, -0.1) is 0 Å². The van der Waals surface area contributed by atoms with E-state index in [9.17, 15) is 0 Å². The Hall–Kier alpha value is -1.10. The van der Waals surface area contributed by atoms with E-state index in [1.54, 1.807) is 7.11 Å². The third-order valence-electron chi connectivity index (χ3n) is 4.36. The van der Waals surface area contributed by atoms with Gasteiger partial charge in [0, 0.05) is 45.3 Å². The molecule has 1 saturated heterocycles. The van der Waals surface area contributed by atoms with Crippen molar-refractivity contribution in [3.8, 4) is 5.75 Å². The molecule has 1 aliphatic heterocycles. The fraction of sp³-hybridized carbons (Fsp3) is 0.647. The van der Waals surface area contributed by atoms with Crippen molar-refractivity contribution in [3.05, 3.63) is 29.8 Å². The largest absolute Gasteiger partial charge is 0.497 e. The Morgan fingerprint density at radius 1 is 1.24 bits per heavy atom. The first kappa shape index (κ1) is 16.3. The Balaban J connectivity index is 1.83. The number of hydrogen-bond acceptors (Lipinski definition) is 4. The minimum atomic E-state index is 0.564. The molecule has 1 heterocycles. The number of ether oxygens (including phenoxy) is 1. The van der Waals surface area contributed by atoms with Gasteiger partial charge >= 0.3 is 0 Å². The van der Waals surface area contributed by atoms with E-state index in [2.05, 4.69) is 34.9 Å². The highest BCUT2D eigenvalue weighted by atomic mass is 16.5. The summed E-state index contributed by atoms with van der Waals surface area (Å²) in [4.78, 5) is 5.08. The molecule has 1 aromatic rings. The molecule has 0 bridgehead atoms. The number of nitrogens with zero attached hydrogens (tertiary/aromatic N) is 2. The van der Waals surface area contributed by atoms with Crippen molar-refractivity contribution < 1.29 is 4.74 Å². The van der Waals surface area contributed by atoms with Crippen molar-refractivity contribution in [2.24, 2.45) is 5.73 Å². The molecule has 2 rings (SSSR count). The summed E-state index contributed by atoms with van der Waals surface area (Å²) in [6, 6.07) is 8.93. The summed E-state index contributed by atoms with van der Waals surface area (Å²) in [6.45, 7) is 8.53. The van der Waals surface area contributed by atoms with Crippen LogP contribution in [0.5, 0.6) is 5.75 Å². The number of methoxy groups -OCH3 is 1. The Labute approximate surface area is 128 Å². The van der Waals surface area contributed by atoms with E-state index < -0.39 is 0 Å². The molecule has 0 aromatic heterocycles. The lowest BCUT2D eigenvalue weighted by Crippen LogP contribution is -2.51. The molecule has 118 valence electrons. The molecule has 1 fully saturated rings. The van der Waals surface area contributed by atoms with Gasteiger partial charge in [-0.2, -0.15) is 0 Å². The topological polar surface area (TPSA) is 41.7 Å². The molecule has 2 N–H and O–H groups in total. The lowest BCUT2D eigenvalue weighted by Gasteiger charge is -2.39. The van der Waals surface area contributed by atoms with Crippen molar-refractivity contribution in [2.45, 2.75) is 32.4 Å². The number of benzene rings is 1. The Morgan fingerprint density at radius 3 is 2.62 bits per heavy atom. The first-order chi connectivity index (χ1) is 10.3. The van der Waals surface area contributed by atoms with Crippen molar-refractivity contribution in [2.75, 3.05) is 39.8 Å². The summed E-state index contributed by atoms with van der Waals surface area (Å²) < 4.78 is 5.29. The van der Waals surface area contributed by atoms with Crippen LogP contribution in [0.15, 0.2) is 24.3 Å². The number of piperazine rings is 1. The summed E-state index contributed by atoms with van der Waals surface area (Å²) in [7, 11) is 1.72. The van der Waals surface area contributed by atoms with Gasteiger partial charge in [0.15, 0.2) is 0 Å². The zero-order valence-electron chi connectivity index (χ0n) is 13.4. The van der Waals surface area contributed by atoms with Crippen LogP contribution in [0.1, 0.15) is 25.3 Å². The highest BCUT2D eigenvalue weighted by Gasteiger charge is 2.22. The van der Waals surface area contributed by atoms with Gasteiger partial charge in [-0.3, -0.25) is 9.80 Å². The van der Waals surface area contributed by atoms with E-state index >= 15 is 0 Å². The summed E-state index contributed by atoms with van der Waals surface area (Å²) in [5.41, 5.74) is 7.24. The molecule has 0 saturated carbocycles. The Bertz CT molecular complexity index is 416. The zero-order chi connectivity index (χ0) is 15.1. The molecule has 4 heteroatoms. The third kappa shape index (κ3) is 4.70. The monoisotopic (exact) mass is 291 g/mol. The molecule has 1 atom stereocenters. The second kappa shape index (κ2) is 8.37. The Kier molecular flexibility index (Phi) is 6.49. The van der Waals surface area contributed by atoms with Crippen LogP contribution in [-0.4, -0.2) is 55.7 Å². The number of hydrogen-bond donors (Lipinski definition) is 1. The number of rotatable bonds is 7. The highest BCUT2D eigenvalue weighted by molar-refractivity contribution is 5.28. The fourth-order valence-corrected chi connectivity index (χ4v) is 3.10. The van der Waals surface area contributed by atoms with Crippen molar-refractivity contribution >= 4 is 0 Å². The van der Waals surface area contributed by atoms with Gasteiger partial charge in [0.05, 0.1) is 7.11 Å². The van der Waals surface area contributed by atoms with E-state index in [0.717, 1.165) is 45.0 Å². The average Bonchev–Trinajstić information content (AvgIpc) is 2.54. The molecule has 0 spiro atoms. The smallest absolute Gasteiger partial charge is 0.119 e. The van der Waals surface area contributed by atoms with Crippen LogP contribution < -0.4 is 10.5 Å². The van der Waals surface area contributed by atoms with E-state index in [-0.39, 0.29) is 0 Å². The summed E-state index contributed by atoms with van der Waals surface area (Å²) in [6.07, 6.45) is 2.43. The minimum Gasteiger partial charge on any atom is -0.497 e. The van der Waals surface area contributed by atoms with E-state index in [1.807, 2.05) is 6.07 Å². The second-order valence-corrected chi connectivity index (χ2v) is 5.84. The van der Waals surface area contributed by atoms with Crippen LogP contribution in [0.25, 0.3) is 0 Å². The maximum absolute atomic E-state index is 5.91. The second-order valence-electron chi connectivity index (χ2n) is 5.84. The average molecular weight is 291 g/mol. The predicted molar refractivity (Wildman–Crippen MR) is 87.6 cm³/mol. The fourth-order valence-electron chi connectivity index (χ4n) is 3.10. The molecule has 1 aromatic carbocycles. The Morgan fingerprint density at radius 2 is 2.00 bits per heavy atom. The molecule has 0 aliphatic carbocycles. The third-order valence-corrected chi connectivity index (χ3v) is 4.36. The van der Waals surface area contributed by atoms with E-state index in [4.69, 9.17) is 10.5 Å². The van der Waals surface area contributed by atoms with Crippen LogP contribution in [0.2, 0.25) is 0 Å². The molecule has 0 radical (unpaired) electrons. The minimum absolute atomic E-state index is 0.564. The molecule has 1 aliphatic rings. The quantitative estimate of drug-likeness (QED) is 0.833. The zero-order valence-corrected chi connectivity index (χ0v) is 13.4. The lowest BCUT2D eigenvalue weighted by atomic mass is 10.1. The van der Waals surface area contributed by atoms with Crippen molar-refractivity contribution in [1.82, 2.24) is 9.80 Å². The van der Waals surface area contributed by atoms with Gasteiger partial charge in [-0.25, -0.2) is 0 Å². The van der Waals surface area contributed by atoms with Gasteiger partial charge in [0.1, 0.15) is 5.75 Å². The number of nitrogens with two attached hydrogens (primary N) is 1. The SMILES string of the molecule is CCCC(CN)N1CCN(Cc2cccc(OC)c2)CC1. The van der Waals surface area contributed by atoms with Crippen LogP contribution in [0.3, 0.4) is 0 Å². The lowest BCUT2D eigenvalue weighted by molar-refractivity contribution is 0.0904. The maximum Gasteiger partial charge on any atom is 0.119 e. The van der Waals surface area contributed by atoms with Gasteiger partial charge in [-0.05, 0) is 24.1 Å². The first-order valence-corrected chi connectivity index (χ1v) is 8.06. The van der Waals surface area contributed by atoms with Crippen molar-refractivity contribution in [1.29, 1.82) is 0 Å². The van der Waals surface area contributed by atoms with Gasteiger partial charge in [0.25, 0.3) is 0 Å². The highest BCUT2D eigenvalue weighted by Crippen LogP contribution is 2.16. The standard InChI is InChI=1S/C17H29N3O/c1-3-5-16(13-18)20-10-8-19(9-11-20)14-15-6-4-7-17(12-15)21-2/h4,6-7,12,16H,3,5,8-11,13-14,18H2,1-2H3. The van der Waals surface area contributed by atoms with Gasteiger partial charge in [0.2, 0.25) is 0 Å².